The monoisotopic (exact) mass is 356 g/mol. The highest BCUT2D eigenvalue weighted by Gasteiger charge is 2.53. The van der Waals surface area contributed by atoms with Crippen LogP contribution in [-0.2, 0) is 0 Å². The molecule has 1 atom stereocenters. The lowest BCUT2D eigenvalue weighted by Crippen LogP contribution is -2.57. The molecule has 0 spiro atoms. The maximum atomic E-state index is 12.4. The molecule has 4 heteroatoms. The van der Waals surface area contributed by atoms with E-state index < -0.39 is 0 Å². The summed E-state index contributed by atoms with van der Waals surface area (Å²) < 4.78 is 5.72. The van der Waals surface area contributed by atoms with Crippen molar-refractivity contribution in [1.29, 1.82) is 0 Å². The zero-order chi connectivity index (χ0) is 18.3. The number of aryl methyl sites for hydroxylation is 2. The lowest BCUT2D eigenvalue weighted by molar-refractivity contribution is -0.0682. The number of carbonyl (C=O) groups excluding carboxylic acids is 1. The fourth-order valence-corrected chi connectivity index (χ4v) is 6.25. The number of nitrogens with one attached hydrogen (secondary N) is 2. The first-order valence-electron chi connectivity index (χ1n) is 10.2. The van der Waals surface area contributed by atoms with E-state index in [-0.39, 0.29) is 18.8 Å². The van der Waals surface area contributed by atoms with Crippen LogP contribution in [0.25, 0.3) is 0 Å². The molecular weight excluding hydrogens is 324 g/mol. The molecule has 2 amide bonds. The van der Waals surface area contributed by atoms with Gasteiger partial charge in [-0.3, -0.25) is 0 Å². The van der Waals surface area contributed by atoms with E-state index in [0.29, 0.717) is 5.41 Å². The van der Waals surface area contributed by atoms with E-state index in [1.807, 2.05) is 19.1 Å². The van der Waals surface area contributed by atoms with Crippen LogP contribution in [0.3, 0.4) is 0 Å². The van der Waals surface area contributed by atoms with E-state index in [2.05, 4.69) is 30.5 Å². The standard InChI is InChI=1S/C22H32N2O2/c1-14-4-5-20(15(2)6-14)26-13-23-21(25)24-16(3)22-10-17-7-18(11-22)9-19(8-17)12-22/h4-6,16-19H,7-13H2,1-3H3,(H2,23,24,25). The van der Waals surface area contributed by atoms with Crippen molar-refractivity contribution in [2.24, 2.45) is 23.2 Å². The molecule has 0 heterocycles. The first-order chi connectivity index (χ1) is 12.4. The number of urea groups is 1. The van der Waals surface area contributed by atoms with E-state index in [1.165, 1.54) is 44.1 Å². The van der Waals surface area contributed by atoms with Crippen LogP contribution < -0.4 is 15.4 Å². The predicted octanol–water partition coefficient (Wildman–Crippen LogP) is 4.54. The minimum absolute atomic E-state index is 0.113. The number of ether oxygens (including phenoxy) is 1. The third kappa shape index (κ3) is 3.43. The summed E-state index contributed by atoms with van der Waals surface area (Å²) >= 11 is 0. The molecule has 0 aromatic heterocycles. The molecular formula is C22H32N2O2. The molecule has 4 bridgehead atoms. The molecule has 4 aliphatic rings. The molecule has 0 radical (unpaired) electrons. The van der Waals surface area contributed by atoms with Crippen LogP contribution in [0, 0.1) is 37.0 Å². The maximum Gasteiger partial charge on any atom is 0.317 e. The first kappa shape index (κ1) is 17.7. The molecule has 4 saturated carbocycles. The van der Waals surface area contributed by atoms with E-state index in [0.717, 1.165) is 29.1 Å². The third-order valence-corrected chi connectivity index (χ3v) is 7.14. The van der Waals surface area contributed by atoms with Gasteiger partial charge in [0, 0.05) is 6.04 Å². The molecule has 0 aliphatic heterocycles. The first-order valence-corrected chi connectivity index (χ1v) is 10.2. The minimum Gasteiger partial charge on any atom is -0.473 e. The summed E-state index contributed by atoms with van der Waals surface area (Å²) in [5.74, 6) is 3.54. The molecule has 1 unspecified atom stereocenters. The number of hydrogen-bond donors (Lipinski definition) is 2. The normalized spacial score (nSPS) is 33.0. The fraction of sp³-hybridized carbons (Fsp3) is 0.682. The molecule has 26 heavy (non-hydrogen) atoms. The van der Waals surface area contributed by atoms with Gasteiger partial charge in [-0.05, 0) is 94.1 Å². The SMILES string of the molecule is Cc1ccc(OCNC(=O)NC(C)C23CC4CC(CC(C4)C2)C3)c(C)c1. The largest absolute Gasteiger partial charge is 0.473 e. The molecule has 2 N–H and O–H groups in total. The van der Waals surface area contributed by atoms with Crippen molar-refractivity contribution in [2.75, 3.05) is 6.73 Å². The van der Waals surface area contributed by atoms with Crippen LogP contribution >= 0.6 is 0 Å². The Kier molecular flexibility index (Phi) is 4.62. The second-order valence-electron chi connectivity index (χ2n) is 9.21. The van der Waals surface area contributed by atoms with Gasteiger partial charge in [-0.1, -0.05) is 17.7 Å². The summed E-state index contributed by atoms with van der Waals surface area (Å²) in [6, 6.07) is 6.19. The average Bonchev–Trinajstić information content (AvgIpc) is 2.55. The zero-order valence-corrected chi connectivity index (χ0v) is 16.3. The Morgan fingerprint density at radius 1 is 1.15 bits per heavy atom. The van der Waals surface area contributed by atoms with Crippen molar-refractivity contribution in [1.82, 2.24) is 10.6 Å². The van der Waals surface area contributed by atoms with Crippen molar-refractivity contribution in [3.05, 3.63) is 29.3 Å². The lowest BCUT2D eigenvalue weighted by atomic mass is 9.48. The highest BCUT2D eigenvalue weighted by molar-refractivity contribution is 5.74. The maximum absolute atomic E-state index is 12.4. The van der Waals surface area contributed by atoms with E-state index in [4.69, 9.17) is 4.74 Å². The van der Waals surface area contributed by atoms with Gasteiger partial charge in [0.2, 0.25) is 0 Å². The number of rotatable bonds is 5. The number of amides is 2. The molecule has 0 saturated heterocycles. The van der Waals surface area contributed by atoms with E-state index >= 15 is 0 Å². The molecule has 5 rings (SSSR count). The molecule has 1 aromatic rings. The lowest BCUT2D eigenvalue weighted by Gasteiger charge is -2.59. The second kappa shape index (κ2) is 6.79. The second-order valence-corrected chi connectivity index (χ2v) is 9.21. The van der Waals surface area contributed by atoms with Gasteiger partial charge in [-0.25, -0.2) is 4.79 Å². The van der Waals surface area contributed by atoms with Gasteiger partial charge in [-0.15, -0.1) is 0 Å². The Labute approximate surface area is 157 Å². The summed E-state index contributed by atoms with van der Waals surface area (Å²) in [6.45, 7) is 6.49. The smallest absolute Gasteiger partial charge is 0.317 e. The molecule has 4 fully saturated rings. The van der Waals surface area contributed by atoms with Gasteiger partial charge in [0.05, 0.1) is 0 Å². The summed E-state index contributed by atoms with van der Waals surface area (Å²) in [7, 11) is 0. The topological polar surface area (TPSA) is 50.4 Å². The Bertz CT molecular complexity index is 649. The molecule has 4 nitrogen and oxygen atoms in total. The van der Waals surface area contributed by atoms with Gasteiger partial charge < -0.3 is 15.4 Å². The van der Waals surface area contributed by atoms with Crippen LogP contribution in [0.15, 0.2) is 18.2 Å². The highest BCUT2D eigenvalue weighted by Crippen LogP contribution is 2.61. The van der Waals surface area contributed by atoms with Gasteiger partial charge in [-0.2, -0.15) is 0 Å². The van der Waals surface area contributed by atoms with Gasteiger partial charge >= 0.3 is 6.03 Å². The van der Waals surface area contributed by atoms with E-state index in [9.17, 15) is 4.79 Å². The van der Waals surface area contributed by atoms with E-state index in [1.54, 1.807) is 0 Å². The van der Waals surface area contributed by atoms with Crippen LogP contribution in [0.1, 0.15) is 56.6 Å². The van der Waals surface area contributed by atoms with Crippen molar-refractivity contribution < 1.29 is 9.53 Å². The Morgan fingerprint density at radius 3 is 2.35 bits per heavy atom. The van der Waals surface area contributed by atoms with Crippen LogP contribution in [0.4, 0.5) is 4.79 Å². The quantitative estimate of drug-likeness (QED) is 0.761. The number of hydrogen-bond acceptors (Lipinski definition) is 2. The third-order valence-electron chi connectivity index (χ3n) is 7.14. The molecule has 4 aliphatic carbocycles. The molecule has 1 aromatic carbocycles. The summed E-state index contributed by atoms with van der Waals surface area (Å²) in [6.07, 6.45) is 8.21. The minimum atomic E-state index is -0.113. The number of carbonyl (C=O) groups is 1. The Balaban J connectivity index is 1.28. The van der Waals surface area contributed by atoms with Crippen LogP contribution in [-0.4, -0.2) is 18.8 Å². The summed E-state index contributed by atoms with van der Waals surface area (Å²) in [4.78, 5) is 12.4. The summed E-state index contributed by atoms with van der Waals surface area (Å²) in [5, 5.41) is 6.08. The zero-order valence-electron chi connectivity index (χ0n) is 16.3. The fourth-order valence-electron chi connectivity index (χ4n) is 6.25. The van der Waals surface area contributed by atoms with Crippen LogP contribution in [0.2, 0.25) is 0 Å². The number of benzene rings is 1. The average molecular weight is 357 g/mol. The van der Waals surface area contributed by atoms with Crippen molar-refractivity contribution in [3.63, 3.8) is 0 Å². The highest BCUT2D eigenvalue weighted by atomic mass is 16.5. The Morgan fingerprint density at radius 2 is 1.77 bits per heavy atom. The van der Waals surface area contributed by atoms with Crippen molar-refractivity contribution >= 4 is 6.03 Å². The van der Waals surface area contributed by atoms with Gasteiger partial charge in [0.15, 0.2) is 6.73 Å². The summed E-state index contributed by atoms with van der Waals surface area (Å²) in [5.41, 5.74) is 2.64. The van der Waals surface area contributed by atoms with Gasteiger partial charge in [0.1, 0.15) is 5.75 Å². The van der Waals surface area contributed by atoms with Crippen molar-refractivity contribution in [3.8, 4) is 5.75 Å². The van der Waals surface area contributed by atoms with Crippen molar-refractivity contribution in [2.45, 2.75) is 65.3 Å². The van der Waals surface area contributed by atoms with Crippen LogP contribution in [0.5, 0.6) is 5.75 Å². The molecule has 142 valence electrons. The van der Waals surface area contributed by atoms with Gasteiger partial charge in [0.25, 0.3) is 0 Å². The predicted molar refractivity (Wildman–Crippen MR) is 103 cm³/mol. The Hall–Kier alpha value is -1.71.